The van der Waals surface area contributed by atoms with Crippen molar-refractivity contribution < 1.29 is 14.3 Å². The van der Waals surface area contributed by atoms with E-state index in [1.165, 1.54) is 11.3 Å². The van der Waals surface area contributed by atoms with Crippen LogP contribution in [0.25, 0.3) is 0 Å². The summed E-state index contributed by atoms with van der Waals surface area (Å²) < 4.78 is 11.5. The van der Waals surface area contributed by atoms with Crippen molar-refractivity contribution in [3.05, 3.63) is 58.9 Å². The molecule has 7 nitrogen and oxygen atoms in total. The predicted molar refractivity (Wildman–Crippen MR) is 98.8 cm³/mol. The van der Waals surface area contributed by atoms with E-state index in [2.05, 4.69) is 20.5 Å². The lowest BCUT2D eigenvalue weighted by molar-refractivity contribution is 0.102. The first-order valence-electron chi connectivity index (χ1n) is 8.05. The van der Waals surface area contributed by atoms with Crippen molar-refractivity contribution in [3.63, 3.8) is 0 Å². The molecule has 2 aromatic heterocycles. The number of nitrogens with one attached hydrogen (secondary N) is 1. The Labute approximate surface area is 155 Å². The zero-order valence-corrected chi connectivity index (χ0v) is 15.2. The number of carbonyl (C=O) groups is 1. The van der Waals surface area contributed by atoms with Gasteiger partial charge in [-0.2, -0.15) is 0 Å². The van der Waals surface area contributed by atoms with E-state index in [0.717, 1.165) is 10.6 Å². The van der Waals surface area contributed by atoms with E-state index in [1.807, 2.05) is 26.0 Å². The first-order valence-corrected chi connectivity index (χ1v) is 8.87. The summed E-state index contributed by atoms with van der Waals surface area (Å²) >= 11 is 1.32. The number of anilines is 1. The molecule has 0 spiro atoms. The minimum absolute atomic E-state index is 0.275. The van der Waals surface area contributed by atoms with Gasteiger partial charge in [-0.25, -0.2) is 0 Å². The maximum atomic E-state index is 12.4. The number of carbonyl (C=O) groups excluding carboxylic acids is 1. The first-order chi connectivity index (χ1) is 12.7. The van der Waals surface area contributed by atoms with Crippen LogP contribution in [0, 0.1) is 6.92 Å². The van der Waals surface area contributed by atoms with E-state index in [4.69, 9.17) is 9.47 Å². The zero-order chi connectivity index (χ0) is 18.4. The molecule has 0 saturated carbocycles. The summed E-state index contributed by atoms with van der Waals surface area (Å²) in [6, 6.07) is 8.84. The van der Waals surface area contributed by atoms with Crippen molar-refractivity contribution in [2.75, 3.05) is 11.9 Å². The van der Waals surface area contributed by atoms with E-state index in [9.17, 15) is 4.79 Å². The Morgan fingerprint density at radius 2 is 1.92 bits per heavy atom. The molecule has 0 aliphatic carbocycles. The Morgan fingerprint density at radius 3 is 2.62 bits per heavy atom. The lowest BCUT2D eigenvalue weighted by Crippen LogP contribution is -2.12. The van der Waals surface area contributed by atoms with Crippen molar-refractivity contribution in [1.29, 1.82) is 0 Å². The summed E-state index contributed by atoms with van der Waals surface area (Å²) in [6.45, 7) is 4.56. The van der Waals surface area contributed by atoms with Crippen molar-refractivity contribution in [1.82, 2.24) is 15.2 Å². The van der Waals surface area contributed by atoms with Crippen LogP contribution < -0.4 is 14.8 Å². The molecular formula is C18H18N4O3S. The average molecular weight is 370 g/mol. The summed E-state index contributed by atoms with van der Waals surface area (Å²) in [5, 5.41) is 11.8. The molecule has 0 aliphatic heterocycles. The van der Waals surface area contributed by atoms with E-state index in [-0.39, 0.29) is 5.91 Å². The number of aryl methyl sites for hydroxylation is 1. The summed E-state index contributed by atoms with van der Waals surface area (Å²) in [5.41, 5.74) is 1.45. The second-order valence-corrected chi connectivity index (χ2v) is 6.50. The fourth-order valence-electron chi connectivity index (χ4n) is 2.19. The van der Waals surface area contributed by atoms with E-state index >= 15 is 0 Å². The van der Waals surface area contributed by atoms with Crippen molar-refractivity contribution >= 4 is 22.4 Å². The van der Waals surface area contributed by atoms with Crippen molar-refractivity contribution in [3.8, 4) is 11.5 Å². The topological polar surface area (TPSA) is 86.2 Å². The highest BCUT2D eigenvalue weighted by Gasteiger charge is 2.13. The minimum atomic E-state index is -0.275. The van der Waals surface area contributed by atoms with Crippen LogP contribution in [0.1, 0.15) is 27.9 Å². The quantitative estimate of drug-likeness (QED) is 0.685. The number of hydrogen-bond donors (Lipinski definition) is 1. The van der Waals surface area contributed by atoms with Gasteiger partial charge in [-0.15, -0.1) is 10.2 Å². The molecule has 0 radical (unpaired) electrons. The number of nitrogens with zero attached hydrogens (tertiary/aromatic N) is 3. The summed E-state index contributed by atoms with van der Waals surface area (Å²) in [7, 11) is 0. The Bertz CT molecular complexity index is 883. The zero-order valence-electron chi connectivity index (χ0n) is 14.4. The molecule has 0 bridgehead atoms. The largest absolute Gasteiger partial charge is 0.490 e. The highest BCUT2D eigenvalue weighted by atomic mass is 32.1. The number of amides is 1. The number of ether oxygens (including phenoxy) is 2. The van der Waals surface area contributed by atoms with Gasteiger partial charge in [0.25, 0.3) is 5.91 Å². The molecule has 0 unspecified atom stereocenters. The maximum absolute atomic E-state index is 12.4. The van der Waals surface area contributed by atoms with Gasteiger partial charge < -0.3 is 9.47 Å². The summed E-state index contributed by atoms with van der Waals surface area (Å²) in [6.07, 6.45) is 3.43. The molecule has 1 N–H and O–H groups in total. The predicted octanol–water partition coefficient (Wildman–Crippen LogP) is 3.47. The normalized spacial score (nSPS) is 10.4. The Balaban J connectivity index is 1.74. The molecular weight excluding hydrogens is 352 g/mol. The molecule has 26 heavy (non-hydrogen) atoms. The molecule has 134 valence electrons. The van der Waals surface area contributed by atoms with Gasteiger partial charge in [0.1, 0.15) is 11.6 Å². The van der Waals surface area contributed by atoms with Gasteiger partial charge in [0.05, 0.1) is 6.61 Å². The van der Waals surface area contributed by atoms with Crippen LogP contribution in [0.15, 0.2) is 42.7 Å². The molecule has 2 heterocycles. The van der Waals surface area contributed by atoms with E-state index < -0.39 is 0 Å². The SMILES string of the molecule is CCOc1cc(C(=O)Nc2nnc(C)s2)ccc1OCc1ccncc1. The number of benzene rings is 1. The second kappa shape index (κ2) is 8.39. The van der Waals surface area contributed by atoms with Gasteiger partial charge in [0, 0.05) is 18.0 Å². The number of hydrogen-bond acceptors (Lipinski definition) is 7. The molecule has 0 saturated heterocycles. The van der Waals surface area contributed by atoms with Crippen molar-refractivity contribution in [2.45, 2.75) is 20.5 Å². The molecule has 3 aromatic rings. The van der Waals surface area contributed by atoms with Crippen LogP contribution in [-0.2, 0) is 6.61 Å². The number of rotatable bonds is 7. The second-order valence-electron chi connectivity index (χ2n) is 5.32. The molecule has 3 rings (SSSR count). The number of aromatic nitrogens is 3. The smallest absolute Gasteiger partial charge is 0.257 e. The van der Waals surface area contributed by atoms with Crippen LogP contribution >= 0.6 is 11.3 Å². The monoisotopic (exact) mass is 370 g/mol. The Hall–Kier alpha value is -3.00. The van der Waals surface area contributed by atoms with Crippen molar-refractivity contribution in [2.24, 2.45) is 0 Å². The van der Waals surface area contributed by atoms with Crippen LogP contribution in [0.4, 0.5) is 5.13 Å². The van der Waals surface area contributed by atoms with Gasteiger partial charge >= 0.3 is 0 Å². The first kappa shape index (κ1) is 17.8. The number of pyridine rings is 1. The average Bonchev–Trinajstić information content (AvgIpc) is 3.06. The Morgan fingerprint density at radius 1 is 1.12 bits per heavy atom. The van der Waals surface area contributed by atoms with Gasteiger partial charge in [0.2, 0.25) is 5.13 Å². The van der Waals surface area contributed by atoms with Crippen LogP contribution in [0.3, 0.4) is 0 Å². The van der Waals surface area contributed by atoms with Gasteiger partial charge in [0.15, 0.2) is 11.5 Å². The lowest BCUT2D eigenvalue weighted by atomic mass is 10.2. The fraction of sp³-hybridized carbons (Fsp3) is 0.222. The van der Waals surface area contributed by atoms with E-state index in [1.54, 1.807) is 30.6 Å². The van der Waals surface area contributed by atoms with E-state index in [0.29, 0.717) is 35.4 Å². The highest BCUT2D eigenvalue weighted by Crippen LogP contribution is 2.29. The van der Waals surface area contributed by atoms with Crippen LogP contribution in [-0.4, -0.2) is 27.7 Å². The van der Waals surface area contributed by atoms with Gasteiger partial charge in [-0.05, 0) is 49.7 Å². The summed E-state index contributed by atoms with van der Waals surface area (Å²) in [4.78, 5) is 16.4. The van der Waals surface area contributed by atoms with Gasteiger partial charge in [-0.1, -0.05) is 11.3 Å². The lowest BCUT2D eigenvalue weighted by Gasteiger charge is -2.13. The highest BCUT2D eigenvalue weighted by molar-refractivity contribution is 7.15. The molecule has 0 fully saturated rings. The third-order valence-corrected chi connectivity index (χ3v) is 4.15. The fourth-order valence-corrected chi connectivity index (χ4v) is 2.78. The molecule has 8 heteroatoms. The molecule has 0 aliphatic rings. The van der Waals surface area contributed by atoms with Crippen LogP contribution in [0.2, 0.25) is 0 Å². The van der Waals surface area contributed by atoms with Crippen LogP contribution in [0.5, 0.6) is 11.5 Å². The summed E-state index contributed by atoms with van der Waals surface area (Å²) in [5.74, 6) is 0.817. The molecule has 0 atom stereocenters. The molecule has 1 amide bonds. The maximum Gasteiger partial charge on any atom is 0.257 e. The minimum Gasteiger partial charge on any atom is -0.490 e. The Kier molecular flexibility index (Phi) is 5.75. The third kappa shape index (κ3) is 4.54. The standard InChI is InChI=1S/C18H18N4O3S/c1-3-24-16-10-14(17(23)20-18-22-21-12(2)26-18)4-5-15(16)25-11-13-6-8-19-9-7-13/h4-10H,3,11H2,1-2H3,(H,20,22,23). The third-order valence-electron chi connectivity index (χ3n) is 3.40. The van der Waals surface area contributed by atoms with Gasteiger partial charge in [-0.3, -0.25) is 15.1 Å². The molecule has 1 aromatic carbocycles.